The molecule has 2 aromatic rings. The van der Waals surface area contributed by atoms with Crippen LogP contribution >= 0.6 is 11.3 Å². The van der Waals surface area contributed by atoms with Crippen molar-refractivity contribution in [1.82, 2.24) is 15.5 Å². The first-order valence-electron chi connectivity index (χ1n) is 5.84. The molecule has 0 unspecified atom stereocenters. The average Bonchev–Trinajstić information content (AvgIpc) is 2.94. The highest BCUT2D eigenvalue weighted by Gasteiger charge is 2.07. The van der Waals surface area contributed by atoms with Gasteiger partial charge in [-0.3, -0.25) is 0 Å². The van der Waals surface area contributed by atoms with Gasteiger partial charge in [0.1, 0.15) is 11.3 Å². The second kappa shape index (κ2) is 5.93. The zero-order valence-corrected chi connectivity index (χ0v) is 11.0. The van der Waals surface area contributed by atoms with E-state index >= 15 is 0 Å². The molecule has 0 fully saturated rings. The summed E-state index contributed by atoms with van der Waals surface area (Å²) in [5.41, 5.74) is 1.01. The van der Waals surface area contributed by atoms with Gasteiger partial charge in [-0.05, 0) is 19.0 Å². The Kier molecular flexibility index (Phi) is 4.28. The molecule has 0 aliphatic rings. The summed E-state index contributed by atoms with van der Waals surface area (Å²) in [5.74, 6) is 0. The zero-order chi connectivity index (χ0) is 12.1. The number of aryl methyl sites for hydroxylation is 1. The molecule has 17 heavy (non-hydrogen) atoms. The molecule has 0 saturated carbocycles. The van der Waals surface area contributed by atoms with Gasteiger partial charge in [-0.1, -0.05) is 25.2 Å². The number of hydrogen-bond donors (Lipinski definition) is 1. The quantitative estimate of drug-likeness (QED) is 0.802. The molecular weight excluding hydrogens is 234 g/mol. The van der Waals surface area contributed by atoms with E-state index in [0.717, 1.165) is 35.0 Å². The number of nitrogens with zero attached hydrogens (tertiary/aromatic N) is 2. The fraction of sp³-hybridized carbons (Fsp3) is 0.500. The Labute approximate surface area is 105 Å². The largest absolute Gasteiger partial charge is 0.472 e. The SMILES string of the molecule is CC(C)NCCCc1nnc(-c2ccoc2)s1. The van der Waals surface area contributed by atoms with E-state index < -0.39 is 0 Å². The molecule has 0 amide bonds. The molecule has 5 heteroatoms. The maximum atomic E-state index is 5.03. The van der Waals surface area contributed by atoms with Crippen LogP contribution in [0.25, 0.3) is 10.6 Å². The van der Waals surface area contributed by atoms with Crippen LogP contribution in [0.5, 0.6) is 0 Å². The molecule has 2 aromatic heterocycles. The highest BCUT2D eigenvalue weighted by atomic mass is 32.1. The van der Waals surface area contributed by atoms with Gasteiger partial charge in [-0.25, -0.2) is 0 Å². The Morgan fingerprint density at radius 2 is 2.29 bits per heavy atom. The number of furan rings is 1. The molecule has 2 heterocycles. The summed E-state index contributed by atoms with van der Waals surface area (Å²) in [4.78, 5) is 0. The van der Waals surface area contributed by atoms with E-state index in [2.05, 4.69) is 29.4 Å². The Balaban J connectivity index is 1.83. The molecule has 2 rings (SSSR count). The van der Waals surface area contributed by atoms with Crippen LogP contribution in [0.15, 0.2) is 23.0 Å². The van der Waals surface area contributed by atoms with Crippen LogP contribution in [0.3, 0.4) is 0 Å². The average molecular weight is 251 g/mol. The van der Waals surface area contributed by atoms with Gasteiger partial charge >= 0.3 is 0 Å². The molecule has 1 N–H and O–H groups in total. The van der Waals surface area contributed by atoms with Gasteiger partial charge in [-0.2, -0.15) is 0 Å². The van der Waals surface area contributed by atoms with Crippen LogP contribution in [0.4, 0.5) is 0 Å². The predicted octanol–water partition coefficient (Wildman–Crippen LogP) is 2.73. The molecule has 92 valence electrons. The van der Waals surface area contributed by atoms with E-state index in [-0.39, 0.29) is 0 Å². The third-order valence-electron chi connectivity index (χ3n) is 2.35. The minimum absolute atomic E-state index is 0.547. The van der Waals surface area contributed by atoms with Crippen molar-refractivity contribution in [3.63, 3.8) is 0 Å². The summed E-state index contributed by atoms with van der Waals surface area (Å²) in [7, 11) is 0. The van der Waals surface area contributed by atoms with Gasteiger partial charge < -0.3 is 9.73 Å². The first-order valence-corrected chi connectivity index (χ1v) is 6.65. The van der Waals surface area contributed by atoms with Crippen LogP contribution in [0.2, 0.25) is 0 Å². The predicted molar refractivity (Wildman–Crippen MR) is 69.1 cm³/mol. The monoisotopic (exact) mass is 251 g/mol. The third-order valence-corrected chi connectivity index (χ3v) is 3.39. The minimum atomic E-state index is 0.547. The Bertz CT molecular complexity index is 436. The molecular formula is C12H17N3OS. The Morgan fingerprint density at radius 1 is 1.41 bits per heavy atom. The van der Waals surface area contributed by atoms with E-state index in [9.17, 15) is 0 Å². The van der Waals surface area contributed by atoms with E-state index in [4.69, 9.17) is 4.42 Å². The standard InChI is InChI=1S/C12H17N3OS/c1-9(2)13-6-3-4-11-14-15-12(17-11)10-5-7-16-8-10/h5,7-9,13H,3-4,6H2,1-2H3. The number of aromatic nitrogens is 2. The molecule has 4 nitrogen and oxygen atoms in total. The van der Waals surface area contributed by atoms with Gasteiger partial charge in [-0.15, -0.1) is 10.2 Å². The van der Waals surface area contributed by atoms with E-state index in [1.165, 1.54) is 0 Å². The van der Waals surface area contributed by atoms with Crippen molar-refractivity contribution in [3.8, 4) is 10.6 Å². The van der Waals surface area contributed by atoms with Crippen molar-refractivity contribution in [2.24, 2.45) is 0 Å². The summed E-state index contributed by atoms with van der Waals surface area (Å²) in [6, 6.07) is 2.45. The fourth-order valence-electron chi connectivity index (χ4n) is 1.49. The Hall–Kier alpha value is -1.20. The topological polar surface area (TPSA) is 51.0 Å². The lowest BCUT2D eigenvalue weighted by Crippen LogP contribution is -2.23. The van der Waals surface area contributed by atoms with Gasteiger partial charge in [0.2, 0.25) is 0 Å². The van der Waals surface area contributed by atoms with Crippen molar-refractivity contribution >= 4 is 11.3 Å². The second-order valence-corrected chi connectivity index (χ2v) is 5.29. The van der Waals surface area contributed by atoms with Crippen LogP contribution in [0.1, 0.15) is 25.3 Å². The van der Waals surface area contributed by atoms with Gasteiger partial charge in [0, 0.05) is 12.5 Å². The second-order valence-electron chi connectivity index (χ2n) is 4.23. The van der Waals surface area contributed by atoms with Gasteiger partial charge in [0.25, 0.3) is 0 Å². The number of hydrogen-bond acceptors (Lipinski definition) is 5. The highest BCUT2D eigenvalue weighted by molar-refractivity contribution is 7.14. The lowest BCUT2D eigenvalue weighted by Gasteiger charge is -2.05. The maximum absolute atomic E-state index is 5.03. The number of nitrogens with one attached hydrogen (secondary N) is 1. The highest BCUT2D eigenvalue weighted by Crippen LogP contribution is 2.24. The molecule has 0 bridgehead atoms. The van der Waals surface area contributed by atoms with Crippen LogP contribution < -0.4 is 5.32 Å². The smallest absolute Gasteiger partial charge is 0.151 e. The molecule has 0 aliphatic carbocycles. The van der Waals surface area contributed by atoms with Gasteiger partial charge in [0.05, 0.1) is 11.8 Å². The van der Waals surface area contributed by atoms with E-state index in [1.807, 2.05) is 6.07 Å². The first-order chi connectivity index (χ1) is 8.25. The van der Waals surface area contributed by atoms with E-state index in [1.54, 1.807) is 23.9 Å². The van der Waals surface area contributed by atoms with Crippen molar-refractivity contribution in [2.45, 2.75) is 32.7 Å². The zero-order valence-electron chi connectivity index (χ0n) is 10.1. The molecule has 0 aromatic carbocycles. The first kappa shape index (κ1) is 12.3. The van der Waals surface area contributed by atoms with E-state index in [0.29, 0.717) is 6.04 Å². The summed E-state index contributed by atoms with van der Waals surface area (Å²) >= 11 is 1.64. The summed E-state index contributed by atoms with van der Waals surface area (Å²) < 4.78 is 5.03. The lowest BCUT2D eigenvalue weighted by atomic mass is 10.3. The normalized spacial score (nSPS) is 11.2. The fourth-order valence-corrected chi connectivity index (χ4v) is 2.35. The number of rotatable bonds is 6. The lowest BCUT2D eigenvalue weighted by molar-refractivity contribution is 0.568. The minimum Gasteiger partial charge on any atom is -0.472 e. The summed E-state index contributed by atoms with van der Waals surface area (Å²) in [6.45, 7) is 5.34. The van der Waals surface area contributed by atoms with Gasteiger partial charge in [0.15, 0.2) is 5.01 Å². The summed E-state index contributed by atoms with van der Waals surface area (Å²) in [6.07, 6.45) is 5.43. The maximum Gasteiger partial charge on any atom is 0.151 e. The molecule has 0 atom stereocenters. The Morgan fingerprint density at radius 3 is 3.00 bits per heavy atom. The van der Waals surface area contributed by atoms with Crippen LogP contribution in [0, 0.1) is 0 Å². The van der Waals surface area contributed by atoms with Crippen molar-refractivity contribution in [1.29, 1.82) is 0 Å². The van der Waals surface area contributed by atoms with Crippen molar-refractivity contribution < 1.29 is 4.42 Å². The van der Waals surface area contributed by atoms with Crippen LogP contribution in [-0.4, -0.2) is 22.8 Å². The molecule has 0 saturated heterocycles. The molecule has 0 radical (unpaired) electrons. The van der Waals surface area contributed by atoms with Crippen molar-refractivity contribution in [3.05, 3.63) is 23.6 Å². The summed E-state index contributed by atoms with van der Waals surface area (Å²) in [5, 5.41) is 13.8. The molecule has 0 spiro atoms. The van der Waals surface area contributed by atoms with Crippen molar-refractivity contribution in [2.75, 3.05) is 6.54 Å². The van der Waals surface area contributed by atoms with Crippen LogP contribution in [-0.2, 0) is 6.42 Å². The third kappa shape index (κ3) is 3.64. The molecule has 0 aliphatic heterocycles.